The van der Waals surface area contributed by atoms with Crippen molar-refractivity contribution in [2.75, 3.05) is 20.8 Å². The molecule has 0 saturated carbocycles. The fourth-order valence-corrected chi connectivity index (χ4v) is 5.04. The number of hydrogen-bond acceptors (Lipinski definition) is 4. The largest absolute Gasteiger partial charge is 0.493 e. The van der Waals surface area contributed by atoms with Gasteiger partial charge >= 0.3 is 0 Å². The van der Waals surface area contributed by atoms with Gasteiger partial charge in [0.15, 0.2) is 11.5 Å². The van der Waals surface area contributed by atoms with Crippen molar-refractivity contribution in [1.82, 2.24) is 4.72 Å². The van der Waals surface area contributed by atoms with Gasteiger partial charge in [-0.3, -0.25) is 0 Å². The minimum absolute atomic E-state index is 0.275. The van der Waals surface area contributed by atoms with Crippen molar-refractivity contribution in [3.05, 3.63) is 51.6 Å². The summed E-state index contributed by atoms with van der Waals surface area (Å²) in [6, 6.07) is 5.59. The van der Waals surface area contributed by atoms with E-state index in [2.05, 4.69) is 4.72 Å². The molecule has 0 atom stereocenters. The molecule has 6 heteroatoms. The van der Waals surface area contributed by atoms with Gasteiger partial charge in [-0.1, -0.05) is 12.1 Å². The highest BCUT2D eigenvalue weighted by Crippen LogP contribution is 2.31. The van der Waals surface area contributed by atoms with E-state index in [1.54, 1.807) is 14.2 Å². The lowest BCUT2D eigenvalue weighted by atomic mass is 9.95. The lowest BCUT2D eigenvalue weighted by Gasteiger charge is -2.19. The Morgan fingerprint density at radius 2 is 1.41 bits per heavy atom. The van der Waals surface area contributed by atoms with Gasteiger partial charge in [0.2, 0.25) is 10.0 Å². The van der Waals surface area contributed by atoms with Crippen molar-refractivity contribution in [3.8, 4) is 11.5 Å². The molecular formula is C21H29NO4S. The molecule has 0 aliphatic heterocycles. The van der Waals surface area contributed by atoms with Gasteiger partial charge in [0, 0.05) is 6.54 Å². The van der Waals surface area contributed by atoms with Crippen molar-refractivity contribution in [2.45, 2.75) is 45.9 Å². The third-order valence-electron chi connectivity index (χ3n) is 5.37. The van der Waals surface area contributed by atoms with E-state index in [4.69, 9.17) is 9.47 Å². The smallest absolute Gasteiger partial charge is 0.241 e. The summed E-state index contributed by atoms with van der Waals surface area (Å²) >= 11 is 0. The molecule has 0 unspecified atom stereocenters. The molecule has 1 N–H and O–H groups in total. The van der Waals surface area contributed by atoms with Crippen molar-refractivity contribution >= 4 is 10.0 Å². The predicted octanol–water partition coefficient (Wildman–Crippen LogP) is 3.77. The number of rotatable bonds is 7. The molecule has 0 radical (unpaired) electrons. The molecule has 2 aromatic carbocycles. The summed E-state index contributed by atoms with van der Waals surface area (Å²) in [5.41, 5.74) is 5.69. The number of nitrogens with one attached hydrogen (secondary N) is 1. The standard InChI is InChI=1S/C21H29NO4S/c1-13-14(2)16(4)21(17(5)15(13)3)27(23,24)22-12-11-18-9-8-10-19(25-6)20(18)26-7/h8-10,22H,11-12H2,1-7H3. The van der Waals surface area contributed by atoms with Crippen LogP contribution in [0.25, 0.3) is 0 Å². The molecule has 0 bridgehead atoms. The van der Waals surface area contributed by atoms with Gasteiger partial charge in [0.05, 0.1) is 19.1 Å². The SMILES string of the molecule is COc1cccc(CCNS(=O)(=O)c2c(C)c(C)c(C)c(C)c2C)c1OC. The van der Waals surface area contributed by atoms with E-state index in [-0.39, 0.29) is 6.54 Å². The summed E-state index contributed by atoms with van der Waals surface area (Å²) in [5.74, 6) is 1.27. The van der Waals surface area contributed by atoms with E-state index in [0.717, 1.165) is 33.4 Å². The number of hydrogen-bond donors (Lipinski definition) is 1. The van der Waals surface area contributed by atoms with Crippen LogP contribution in [0.2, 0.25) is 0 Å². The Balaban J connectivity index is 2.28. The number of benzene rings is 2. The highest BCUT2D eigenvalue weighted by atomic mass is 32.2. The first-order chi connectivity index (χ1) is 12.7. The minimum atomic E-state index is -3.61. The molecule has 27 heavy (non-hydrogen) atoms. The number of ether oxygens (including phenoxy) is 2. The second kappa shape index (κ2) is 8.31. The van der Waals surface area contributed by atoms with Crippen molar-refractivity contribution in [1.29, 1.82) is 0 Å². The van der Waals surface area contributed by atoms with Crippen molar-refractivity contribution < 1.29 is 17.9 Å². The monoisotopic (exact) mass is 391 g/mol. The number of sulfonamides is 1. The third-order valence-corrected chi connectivity index (χ3v) is 7.10. The van der Waals surface area contributed by atoms with E-state index >= 15 is 0 Å². The fraction of sp³-hybridized carbons (Fsp3) is 0.429. The zero-order valence-corrected chi connectivity index (χ0v) is 18.0. The molecule has 0 amide bonds. The molecule has 0 aromatic heterocycles. The molecule has 0 aliphatic rings. The first-order valence-corrected chi connectivity index (χ1v) is 10.4. The van der Waals surface area contributed by atoms with Crippen LogP contribution in [0.15, 0.2) is 23.1 Å². The van der Waals surface area contributed by atoms with E-state index in [9.17, 15) is 8.42 Å². The Morgan fingerprint density at radius 1 is 0.852 bits per heavy atom. The highest BCUT2D eigenvalue weighted by Gasteiger charge is 2.23. The summed E-state index contributed by atoms with van der Waals surface area (Å²) in [7, 11) is -0.450. The van der Waals surface area contributed by atoms with Gasteiger partial charge in [-0.05, 0) is 80.5 Å². The summed E-state index contributed by atoms with van der Waals surface area (Å²) in [6.07, 6.45) is 0.502. The molecule has 0 saturated heterocycles. The molecule has 0 spiro atoms. The molecule has 0 aliphatic carbocycles. The first kappa shape index (κ1) is 21.3. The molecule has 0 fully saturated rings. The van der Waals surface area contributed by atoms with Crippen LogP contribution in [-0.4, -0.2) is 29.2 Å². The molecule has 2 aromatic rings. The Kier molecular flexibility index (Phi) is 6.54. The summed E-state index contributed by atoms with van der Waals surface area (Å²) in [6.45, 7) is 9.98. The van der Waals surface area contributed by atoms with Gasteiger partial charge in [0.1, 0.15) is 0 Å². The number of para-hydroxylation sites is 1. The van der Waals surface area contributed by atoms with Gasteiger partial charge in [-0.25, -0.2) is 13.1 Å². The maximum Gasteiger partial charge on any atom is 0.241 e. The quantitative estimate of drug-likeness (QED) is 0.780. The lowest BCUT2D eigenvalue weighted by molar-refractivity contribution is 0.351. The summed E-state index contributed by atoms with van der Waals surface area (Å²) in [5, 5.41) is 0. The minimum Gasteiger partial charge on any atom is -0.493 e. The van der Waals surface area contributed by atoms with Crippen LogP contribution >= 0.6 is 0 Å². The Morgan fingerprint density at radius 3 is 1.93 bits per heavy atom. The summed E-state index contributed by atoms with van der Waals surface area (Å²) in [4.78, 5) is 0.390. The molecule has 5 nitrogen and oxygen atoms in total. The van der Waals surface area contributed by atoms with Crippen molar-refractivity contribution in [3.63, 3.8) is 0 Å². The van der Waals surface area contributed by atoms with Crippen LogP contribution in [0.5, 0.6) is 11.5 Å². The number of methoxy groups -OCH3 is 2. The van der Waals surface area contributed by atoms with Crippen LogP contribution in [0.1, 0.15) is 33.4 Å². The topological polar surface area (TPSA) is 64.6 Å². The molecule has 148 valence electrons. The normalized spacial score (nSPS) is 11.5. The van der Waals surface area contributed by atoms with E-state index in [0.29, 0.717) is 22.8 Å². The second-order valence-corrected chi connectivity index (χ2v) is 8.46. The average molecular weight is 392 g/mol. The predicted molar refractivity (Wildman–Crippen MR) is 109 cm³/mol. The maximum atomic E-state index is 13.0. The van der Waals surface area contributed by atoms with Crippen LogP contribution in [0, 0.1) is 34.6 Å². The van der Waals surface area contributed by atoms with E-state index < -0.39 is 10.0 Å². The van der Waals surface area contributed by atoms with Crippen LogP contribution < -0.4 is 14.2 Å². The first-order valence-electron chi connectivity index (χ1n) is 8.92. The highest BCUT2D eigenvalue weighted by molar-refractivity contribution is 7.89. The molecule has 2 rings (SSSR count). The van der Waals surface area contributed by atoms with Crippen LogP contribution in [0.4, 0.5) is 0 Å². The van der Waals surface area contributed by atoms with Crippen molar-refractivity contribution in [2.24, 2.45) is 0 Å². The van der Waals surface area contributed by atoms with Crippen LogP contribution in [-0.2, 0) is 16.4 Å². The third kappa shape index (κ3) is 4.12. The second-order valence-electron chi connectivity index (χ2n) is 6.75. The average Bonchev–Trinajstić information content (AvgIpc) is 2.64. The zero-order valence-electron chi connectivity index (χ0n) is 17.2. The fourth-order valence-electron chi connectivity index (χ4n) is 3.41. The molecular weight excluding hydrogens is 362 g/mol. The van der Waals surface area contributed by atoms with E-state index in [1.165, 1.54) is 0 Å². The molecule has 0 heterocycles. The van der Waals surface area contributed by atoms with Gasteiger partial charge in [0.25, 0.3) is 0 Å². The Bertz CT molecular complexity index is 920. The Labute approximate surface area is 162 Å². The van der Waals surface area contributed by atoms with Gasteiger partial charge in [-0.2, -0.15) is 0 Å². The van der Waals surface area contributed by atoms with Gasteiger partial charge in [-0.15, -0.1) is 0 Å². The summed E-state index contributed by atoms with van der Waals surface area (Å²) < 4.78 is 39.4. The van der Waals surface area contributed by atoms with Gasteiger partial charge < -0.3 is 9.47 Å². The zero-order chi connectivity index (χ0) is 20.4. The van der Waals surface area contributed by atoms with Crippen LogP contribution in [0.3, 0.4) is 0 Å². The van der Waals surface area contributed by atoms with E-state index in [1.807, 2.05) is 52.8 Å². The maximum absolute atomic E-state index is 13.0. The lowest BCUT2D eigenvalue weighted by Crippen LogP contribution is -2.28. The Hall–Kier alpha value is -2.05.